The Kier molecular flexibility index (Phi) is 3.11. The van der Waals surface area contributed by atoms with Crippen LogP contribution in [0.1, 0.15) is 20.8 Å². The van der Waals surface area contributed by atoms with Crippen LogP contribution in [0.2, 0.25) is 0 Å². The minimum Gasteiger partial charge on any atom is -0.443 e. The number of pyridine rings is 1. The Hall–Kier alpha value is -1.11. The number of hydrogen-bond donors (Lipinski definition) is 0. The molecule has 0 aliphatic carbocycles. The Morgan fingerprint density at radius 2 is 2.18 bits per heavy atom. The maximum absolute atomic E-state index is 12.1. The number of nitrogens with zero attached hydrogens (tertiary/aromatic N) is 2. The molecule has 0 bridgehead atoms. The molecule has 4 nitrogen and oxygen atoms in total. The lowest BCUT2D eigenvalue weighted by molar-refractivity contribution is 0.0540. The summed E-state index contributed by atoms with van der Waals surface area (Å²) in [6.07, 6.45) is 3.04. The first-order chi connectivity index (χ1) is 7.88. The van der Waals surface area contributed by atoms with Crippen LogP contribution < -0.4 is 0 Å². The van der Waals surface area contributed by atoms with E-state index in [1.165, 1.54) is 0 Å². The molecule has 0 atom stereocenters. The third-order valence-electron chi connectivity index (χ3n) is 2.13. The molecule has 2 heterocycles. The van der Waals surface area contributed by atoms with Crippen molar-refractivity contribution in [3.63, 3.8) is 0 Å². The molecule has 2 aromatic rings. The molecular weight excluding hydrogens is 331 g/mol. The summed E-state index contributed by atoms with van der Waals surface area (Å²) in [7, 11) is 0. The number of halogens is 1. The van der Waals surface area contributed by atoms with Crippen LogP contribution in [0.4, 0.5) is 4.79 Å². The van der Waals surface area contributed by atoms with Crippen molar-refractivity contribution in [1.29, 1.82) is 0 Å². The highest BCUT2D eigenvalue weighted by molar-refractivity contribution is 14.1. The van der Waals surface area contributed by atoms with E-state index in [4.69, 9.17) is 4.74 Å². The smallest absolute Gasteiger partial charge is 0.419 e. The van der Waals surface area contributed by atoms with Gasteiger partial charge in [0.15, 0.2) is 0 Å². The van der Waals surface area contributed by atoms with Gasteiger partial charge in [0, 0.05) is 17.8 Å². The average Bonchev–Trinajstić information content (AvgIpc) is 2.50. The Balaban J connectivity index is 2.48. The first-order valence-electron chi connectivity index (χ1n) is 5.23. The van der Waals surface area contributed by atoms with Gasteiger partial charge in [0.25, 0.3) is 0 Å². The maximum atomic E-state index is 12.1. The molecule has 0 fully saturated rings. The highest BCUT2D eigenvalue weighted by atomic mass is 127. The van der Waals surface area contributed by atoms with Gasteiger partial charge in [0.2, 0.25) is 0 Å². The highest BCUT2D eigenvalue weighted by Crippen LogP contribution is 2.22. The molecule has 0 amide bonds. The number of rotatable bonds is 0. The minimum atomic E-state index is -0.496. The van der Waals surface area contributed by atoms with E-state index in [0.29, 0.717) is 0 Å². The lowest BCUT2D eigenvalue weighted by Gasteiger charge is -2.20. The van der Waals surface area contributed by atoms with Gasteiger partial charge >= 0.3 is 6.09 Å². The summed E-state index contributed by atoms with van der Waals surface area (Å²) >= 11 is 2.11. The van der Waals surface area contributed by atoms with Crippen molar-refractivity contribution in [3.05, 3.63) is 28.2 Å². The zero-order valence-corrected chi connectivity index (χ0v) is 12.1. The molecule has 5 heteroatoms. The zero-order valence-electron chi connectivity index (χ0n) is 9.90. The highest BCUT2D eigenvalue weighted by Gasteiger charge is 2.21. The van der Waals surface area contributed by atoms with Crippen molar-refractivity contribution in [3.8, 4) is 0 Å². The second-order valence-corrected chi connectivity index (χ2v) is 5.82. The summed E-state index contributed by atoms with van der Waals surface area (Å²) < 4.78 is 7.75. The van der Waals surface area contributed by atoms with Gasteiger partial charge in [-0.05, 0) is 55.5 Å². The quantitative estimate of drug-likeness (QED) is 0.688. The predicted octanol–water partition coefficient (Wildman–Crippen LogP) is 3.42. The third-order valence-corrected chi connectivity index (χ3v) is 2.93. The molecule has 0 saturated carbocycles. The number of ether oxygens (including phenoxy) is 1. The number of hydrogen-bond acceptors (Lipinski definition) is 3. The monoisotopic (exact) mass is 344 g/mol. The number of aromatic nitrogens is 2. The van der Waals surface area contributed by atoms with Crippen molar-refractivity contribution in [1.82, 2.24) is 9.55 Å². The van der Waals surface area contributed by atoms with Crippen LogP contribution in [0.25, 0.3) is 10.9 Å². The summed E-state index contributed by atoms with van der Waals surface area (Å²) in [5.41, 5.74) is 0.322. The predicted molar refractivity (Wildman–Crippen MR) is 74.1 cm³/mol. The SMILES string of the molecule is CC(C)(C)OC(=O)n1c(I)cc2cnccc21. The standard InChI is InChI=1S/C12H13IN2O2/c1-12(2,3)17-11(16)15-9-4-5-14-7-8(9)6-10(15)13/h4-7H,1-3H3. The summed E-state index contributed by atoms with van der Waals surface area (Å²) in [4.78, 5) is 16.1. The normalized spacial score (nSPS) is 11.8. The molecule has 0 saturated heterocycles. The molecular formula is C12H13IN2O2. The molecule has 90 valence electrons. The van der Waals surface area contributed by atoms with Crippen LogP contribution >= 0.6 is 22.6 Å². The number of carbonyl (C=O) groups is 1. The van der Waals surface area contributed by atoms with Crippen molar-refractivity contribution in [2.24, 2.45) is 0 Å². The molecule has 0 N–H and O–H groups in total. The fourth-order valence-corrected chi connectivity index (χ4v) is 2.31. The van der Waals surface area contributed by atoms with E-state index in [1.54, 1.807) is 23.0 Å². The van der Waals surface area contributed by atoms with E-state index in [0.717, 1.165) is 14.6 Å². The van der Waals surface area contributed by atoms with Gasteiger partial charge in [-0.1, -0.05) is 0 Å². The van der Waals surface area contributed by atoms with Gasteiger partial charge < -0.3 is 4.74 Å². The van der Waals surface area contributed by atoms with Crippen LogP contribution in [-0.2, 0) is 4.74 Å². The zero-order chi connectivity index (χ0) is 12.6. The molecule has 17 heavy (non-hydrogen) atoms. The van der Waals surface area contributed by atoms with Gasteiger partial charge in [-0.2, -0.15) is 0 Å². The van der Waals surface area contributed by atoms with E-state index in [1.807, 2.05) is 26.8 Å². The summed E-state index contributed by atoms with van der Waals surface area (Å²) in [5, 5.41) is 0.933. The molecule has 2 rings (SSSR count). The molecule has 0 aromatic carbocycles. The number of carbonyl (C=O) groups excluding carboxylic acids is 1. The molecule has 0 radical (unpaired) electrons. The Morgan fingerprint density at radius 3 is 2.82 bits per heavy atom. The van der Waals surface area contributed by atoms with Crippen LogP contribution in [-0.4, -0.2) is 21.2 Å². The van der Waals surface area contributed by atoms with E-state index in [2.05, 4.69) is 27.6 Å². The molecule has 0 spiro atoms. The van der Waals surface area contributed by atoms with Crippen LogP contribution in [0.5, 0.6) is 0 Å². The Labute approximate surface area is 113 Å². The summed E-state index contributed by atoms with van der Waals surface area (Å²) in [6, 6.07) is 3.72. The van der Waals surface area contributed by atoms with Crippen molar-refractivity contribution in [2.45, 2.75) is 26.4 Å². The molecule has 0 unspecified atom stereocenters. The Bertz CT molecular complexity index is 569. The van der Waals surface area contributed by atoms with E-state index in [-0.39, 0.29) is 6.09 Å². The second kappa shape index (κ2) is 4.29. The van der Waals surface area contributed by atoms with Gasteiger partial charge in [-0.15, -0.1) is 0 Å². The first-order valence-corrected chi connectivity index (χ1v) is 6.31. The fraction of sp³-hybridized carbons (Fsp3) is 0.333. The lowest BCUT2D eigenvalue weighted by Crippen LogP contribution is -2.27. The summed E-state index contributed by atoms with van der Waals surface area (Å²) in [6.45, 7) is 5.56. The van der Waals surface area contributed by atoms with E-state index in [9.17, 15) is 4.79 Å². The third kappa shape index (κ3) is 2.59. The van der Waals surface area contributed by atoms with Gasteiger partial charge in [0.1, 0.15) is 5.60 Å². The molecule has 0 aliphatic rings. The van der Waals surface area contributed by atoms with Gasteiger partial charge in [-0.25, -0.2) is 9.36 Å². The largest absolute Gasteiger partial charge is 0.443 e. The first kappa shape index (κ1) is 12.3. The van der Waals surface area contributed by atoms with Crippen molar-refractivity contribution in [2.75, 3.05) is 0 Å². The van der Waals surface area contributed by atoms with Crippen LogP contribution in [0.3, 0.4) is 0 Å². The minimum absolute atomic E-state index is 0.358. The summed E-state index contributed by atoms with van der Waals surface area (Å²) in [5.74, 6) is 0. The van der Waals surface area contributed by atoms with Crippen molar-refractivity contribution >= 4 is 39.6 Å². The van der Waals surface area contributed by atoms with E-state index >= 15 is 0 Å². The second-order valence-electron chi connectivity index (χ2n) is 4.72. The Morgan fingerprint density at radius 1 is 1.47 bits per heavy atom. The van der Waals surface area contributed by atoms with Crippen LogP contribution in [0, 0.1) is 3.70 Å². The maximum Gasteiger partial charge on any atom is 0.419 e. The molecule has 0 aliphatic heterocycles. The lowest BCUT2D eigenvalue weighted by atomic mass is 10.2. The van der Waals surface area contributed by atoms with Gasteiger partial charge in [0.05, 0.1) is 9.22 Å². The van der Waals surface area contributed by atoms with Crippen LogP contribution in [0.15, 0.2) is 24.5 Å². The average molecular weight is 344 g/mol. The number of fused-ring (bicyclic) bond motifs is 1. The topological polar surface area (TPSA) is 44.1 Å². The fourth-order valence-electron chi connectivity index (χ4n) is 1.52. The van der Waals surface area contributed by atoms with Gasteiger partial charge in [-0.3, -0.25) is 4.98 Å². The van der Waals surface area contributed by atoms with E-state index < -0.39 is 5.60 Å². The van der Waals surface area contributed by atoms with Crippen molar-refractivity contribution < 1.29 is 9.53 Å². The molecule has 2 aromatic heterocycles.